The predicted octanol–water partition coefficient (Wildman–Crippen LogP) is 4.24. The molecule has 1 aliphatic rings. The highest BCUT2D eigenvalue weighted by Crippen LogP contribution is 2.38. The normalized spacial score (nSPS) is 13.3. The maximum absolute atomic E-state index is 12.9. The van der Waals surface area contributed by atoms with Crippen LogP contribution in [0.4, 0.5) is 10.1 Å². The molecule has 28 heavy (non-hydrogen) atoms. The number of ether oxygens (including phenoxy) is 1. The van der Waals surface area contributed by atoms with E-state index in [-0.39, 0.29) is 18.3 Å². The van der Waals surface area contributed by atoms with Crippen LogP contribution in [-0.4, -0.2) is 16.0 Å². The van der Waals surface area contributed by atoms with Crippen LogP contribution in [0.2, 0.25) is 0 Å². The van der Waals surface area contributed by atoms with Crippen LogP contribution in [-0.2, 0) is 17.8 Å². The van der Waals surface area contributed by atoms with Crippen molar-refractivity contribution < 1.29 is 18.4 Å². The third-order valence-corrected chi connectivity index (χ3v) is 4.47. The first kappa shape index (κ1) is 18.2. The molecule has 1 heterocycles. The van der Waals surface area contributed by atoms with Gasteiger partial charge in [0.25, 0.3) is 0 Å². The van der Waals surface area contributed by atoms with E-state index in [4.69, 9.17) is 9.26 Å². The molecule has 1 aliphatic carbocycles. The van der Waals surface area contributed by atoms with Crippen molar-refractivity contribution in [3.05, 3.63) is 71.6 Å². The molecule has 7 heteroatoms. The molecule has 0 radical (unpaired) electrons. The average Bonchev–Trinajstić information content (AvgIpc) is 3.45. The van der Waals surface area contributed by atoms with E-state index in [2.05, 4.69) is 15.5 Å². The number of carbonyl (C=O) groups is 1. The van der Waals surface area contributed by atoms with Gasteiger partial charge in [-0.2, -0.15) is 4.98 Å². The molecule has 1 amide bonds. The number of carbonyl (C=O) groups excluding carboxylic acids is 1. The Morgan fingerprint density at radius 3 is 2.61 bits per heavy atom. The highest BCUT2D eigenvalue weighted by atomic mass is 19.1. The number of halogens is 1. The molecule has 4 rings (SSSR count). The lowest BCUT2D eigenvalue weighted by molar-refractivity contribution is -0.116. The zero-order valence-corrected chi connectivity index (χ0v) is 15.2. The minimum absolute atomic E-state index is 0.0996. The van der Waals surface area contributed by atoms with Crippen LogP contribution in [0.25, 0.3) is 0 Å². The van der Waals surface area contributed by atoms with Gasteiger partial charge in [0.15, 0.2) is 6.61 Å². The third kappa shape index (κ3) is 4.94. The standard InChI is InChI=1S/C21H20FN3O3/c22-16-6-1-14(2-7-16)3-12-20(26)23-17-8-10-18(11-9-17)27-13-19-24-21(28-25-19)15-4-5-15/h1-2,6-11,15H,3-5,12-13H2,(H,23,26). The van der Waals surface area contributed by atoms with Crippen molar-refractivity contribution in [2.24, 2.45) is 0 Å². The summed E-state index contributed by atoms with van der Waals surface area (Å²) in [7, 11) is 0. The second kappa shape index (κ2) is 8.21. The van der Waals surface area contributed by atoms with E-state index in [9.17, 15) is 9.18 Å². The molecular weight excluding hydrogens is 361 g/mol. The first-order chi connectivity index (χ1) is 13.7. The van der Waals surface area contributed by atoms with Crippen molar-refractivity contribution in [2.75, 3.05) is 5.32 Å². The molecule has 1 saturated carbocycles. The van der Waals surface area contributed by atoms with Crippen LogP contribution in [0.15, 0.2) is 53.1 Å². The van der Waals surface area contributed by atoms with Crippen molar-refractivity contribution in [1.82, 2.24) is 10.1 Å². The summed E-state index contributed by atoms with van der Waals surface area (Å²) in [6.45, 7) is 0.236. The second-order valence-corrected chi connectivity index (χ2v) is 6.81. The number of amides is 1. The number of aryl methyl sites for hydroxylation is 1. The second-order valence-electron chi connectivity index (χ2n) is 6.81. The molecule has 1 aromatic heterocycles. The van der Waals surface area contributed by atoms with Crippen molar-refractivity contribution in [3.63, 3.8) is 0 Å². The van der Waals surface area contributed by atoms with Crippen LogP contribution in [0.5, 0.6) is 5.75 Å². The summed E-state index contributed by atoms with van der Waals surface area (Å²) in [5.74, 6) is 1.92. The molecule has 1 N–H and O–H groups in total. The van der Waals surface area contributed by atoms with Crippen molar-refractivity contribution in [2.45, 2.75) is 38.2 Å². The minimum Gasteiger partial charge on any atom is -0.485 e. The fourth-order valence-electron chi connectivity index (χ4n) is 2.74. The number of benzene rings is 2. The number of hydrogen-bond donors (Lipinski definition) is 1. The molecule has 0 atom stereocenters. The highest BCUT2D eigenvalue weighted by Gasteiger charge is 2.29. The summed E-state index contributed by atoms with van der Waals surface area (Å²) in [6.07, 6.45) is 3.10. The van der Waals surface area contributed by atoms with E-state index in [1.165, 1.54) is 12.1 Å². The highest BCUT2D eigenvalue weighted by molar-refractivity contribution is 5.90. The summed E-state index contributed by atoms with van der Waals surface area (Å²) in [4.78, 5) is 16.4. The molecule has 2 aromatic carbocycles. The van der Waals surface area contributed by atoms with E-state index in [0.717, 1.165) is 18.4 Å². The largest absolute Gasteiger partial charge is 0.485 e. The first-order valence-electron chi connectivity index (χ1n) is 9.25. The van der Waals surface area contributed by atoms with Gasteiger partial charge >= 0.3 is 0 Å². The van der Waals surface area contributed by atoms with E-state index < -0.39 is 0 Å². The molecule has 0 unspecified atom stereocenters. The van der Waals surface area contributed by atoms with Gasteiger partial charge < -0.3 is 14.6 Å². The maximum Gasteiger partial charge on any atom is 0.229 e. The maximum atomic E-state index is 12.9. The smallest absolute Gasteiger partial charge is 0.229 e. The monoisotopic (exact) mass is 381 g/mol. The Balaban J connectivity index is 1.23. The van der Waals surface area contributed by atoms with E-state index in [1.807, 2.05) is 0 Å². The molecule has 1 fully saturated rings. The number of nitrogens with zero attached hydrogens (tertiary/aromatic N) is 2. The van der Waals surface area contributed by atoms with E-state index in [1.54, 1.807) is 36.4 Å². The summed E-state index contributed by atoms with van der Waals surface area (Å²) >= 11 is 0. The number of nitrogens with one attached hydrogen (secondary N) is 1. The van der Waals surface area contributed by atoms with Crippen LogP contribution in [0.1, 0.15) is 42.5 Å². The summed E-state index contributed by atoms with van der Waals surface area (Å²) in [5.41, 5.74) is 1.61. The third-order valence-electron chi connectivity index (χ3n) is 4.47. The number of aromatic nitrogens is 2. The SMILES string of the molecule is O=C(CCc1ccc(F)cc1)Nc1ccc(OCc2noc(C3CC3)n2)cc1. The van der Waals surface area contributed by atoms with Gasteiger partial charge in [-0.3, -0.25) is 4.79 Å². The number of anilines is 1. The van der Waals surface area contributed by atoms with Crippen molar-refractivity contribution in [1.29, 1.82) is 0 Å². The average molecular weight is 381 g/mol. The molecule has 0 aliphatic heterocycles. The number of rotatable bonds is 8. The van der Waals surface area contributed by atoms with Gasteiger partial charge in [-0.25, -0.2) is 4.39 Å². The molecular formula is C21H20FN3O3. The van der Waals surface area contributed by atoms with Gasteiger partial charge in [0.1, 0.15) is 11.6 Å². The predicted molar refractivity (Wildman–Crippen MR) is 100 cm³/mol. The van der Waals surface area contributed by atoms with Gasteiger partial charge in [-0.1, -0.05) is 17.3 Å². The quantitative estimate of drug-likeness (QED) is 0.632. The van der Waals surface area contributed by atoms with Crippen LogP contribution < -0.4 is 10.1 Å². The molecule has 0 saturated heterocycles. The van der Waals surface area contributed by atoms with Gasteiger partial charge in [-0.15, -0.1) is 0 Å². The zero-order valence-electron chi connectivity index (χ0n) is 15.2. The van der Waals surface area contributed by atoms with Gasteiger partial charge in [0.2, 0.25) is 17.6 Å². The fourth-order valence-corrected chi connectivity index (χ4v) is 2.74. The lowest BCUT2D eigenvalue weighted by Crippen LogP contribution is -2.12. The number of hydrogen-bond acceptors (Lipinski definition) is 5. The van der Waals surface area contributed by atoms with Crippen LogP contribution in [0.3, 0.4) is 0 Å². The van der Waals surface area contributed by atoms with Gasteiger partial charge in [-0.05, 0) is 61.2 Å². The van der Waals surface area contributed by atoms with E-state index >= 15 is 0 Å². The van der Waals surface area contributed by atoms with Crippen LogP contribution in [0, 0.1) is 5.82 Å². The summed E-state index contributed by atoms with van der Waals surface area (Å²) < 4.78 is 23.7. The lowest BCUT2D eigenvalue weighted by Gasteiger charge is -2.07. The van der Waals surface area contributed by atoms with Crippen LogP contribution >= 0.6 is 0 Å². The zero-order chi connectivity index (χ0) is 19.3. The van der Waals surface area contributed by atoms with Crippen molar-refractivity contribution >= 4 is 11.6 Å². The Hall–Kier alpha value is -3.22. The first-order valence-corrected chi connectivity index (χ1v) is 9.25. The molecule has 0 bridgehead atoms. The molecule has 0 spiro atoms. The van der Waals surface area contributed by atoms with E-state index in [0.29, 0.717) is 41.9 Å². The molecule has 6 nitrogen and oxygen atoms in total. The Kier molecular flexibility index (Phi) is 5.32. The van der Waals surface area contributed by atoms with Crippen molar-refractivity contribution in [3.8, 4) is 5.75 Å². The Morgan fingerprint density at radius 1 is 1.14 bits per heavy atom. The molecule has 3 aromatic rings. The van der Waals surface area contributed by atoms with Gasteiger partial charge in [0.05, 0.1) is 0 Å². The Labute approximate surface area is 161 Å². The minimum atomic E-state index is -0.279. The Morgan fingerprint density at radius 2 is 1.89 bits per heavy atom. The van der Waals surface area contributed by atoms with Gasteiger partial charge in [0, 0.05) is 18.0 Å². The summed E-state index contributed by atoms with van der Waals surface area (Å²) in [5, 5.41) is 6.75. The lowest BCUT2D eigenvalue weighted by atomic mass is 10.1. The molecule has 144 valence electrons. The summed E-state index contributed by atoms with van der Waals surface area (Å²) in [6, 6.07) is 13.3. The fraction of sp³-hybridized carbons (Fsp3) is 0.286. The Bertz CT molecular complexity index is 934. The topological polar surface area (TPSA) is 77.2 Å².